The van der Waals surface area contributed by atoms with Crippen LogP contribution in [0.25, 0.3) is 0 Å². The molecule has 3 rings (SSSR count). The van der Waals surface area contributed by atoms with Crippen molar-refractivity contribution in [2.45, 2.75) is 43.9 Å². The van der Waals surface area contributed by atoms with Crippen LogP contribution in [0.1, 0.15) is 24.8 Å². The Morgan fingerprint density at radius 3 is 2.56 bits per heavy atom. The summed E-state index contributed by atoms with van der Waals surface area (Å²) >= 11 is 12.4. The lowest BCUT2D eigenvalue weighted by molar-refractivity contribution is 0.0885. The summed E-state index contributed by atoms with van der Waals surface area (Å²) in [6.45, 7) is 0. The summed E-state index contributed by atoms with van der Waals surface area (Å²) < 4.78 is 5.86. The lowest BCUT2D eigenvalue weighted by atomic mass is 9.82. The monoisotopic (exact) mass is 285 g/mol. The number of rotatable bonds is 3. The molecule has 0 spiro atoms. The van der Waals surface area contributed by atoms with Gasteiger partial charge in [-0.25, -0.2) is 0 Å². The Kier molecular flexibility index (Phi) is 3.55. The van der Waals surface area contributed by atoms with Crippen molar-refractivity contribution in [2.75, 3.05) is 0 Å². The zero-order chi connectivity index (χ0) is 12.7. The molecule has 0 radical (unpaired) electrons. The Hall–Kier alpha value is -0.280. The summed E-state index contributed by atoms with van der Waals surface area (Å²) in [6.07, 6.45) is 4.96. The molecule has 2 aliphatic heterocycles. The molecule has 0 aliphatic carbocycles. The van der Waals surface area contributed by atoms with Crippen molar-refractivity contribution in [2.24, 2.45) is 11.7 Å². The smallest absolute Gasteiger partial charge is 0.0623 e. The Morgan fingerprint density at radius 1 is 1.28 bits per heavy atom. The van der Waals surface area contributed by atoms with E-state index in [0.29, 0.717) is 28.2 Å². The van der Waals surface area contributed by atoms with Crippen molar-refractivity contribution in [3.05, 3.63) is 33.8 Å². The Balaban J connectivity index is 1.73. The number of halogens is 2. The van der Waals surface area contributed by atoms with Crippen molar-refractivity contribution < 1.29 is 4.74 Å². The number of nitrogens with two attached hydrogens (primary N) is 1. The number of fused-ring (bicyclic) bond motifs is 2. The van der Waals surface area contributed by atoms with Crippen LogP contribution < -0.4 is 5.73 Å². The lowest BCUT2D eigenvalue weighted by Gasteiger charge is -2.25. The van der Waals surface area contributed by atoms with E-state index in [-0.39, 0.29) is 6.04 Å². The van der Waals surface area contributed by atoms with Gasteiger partial charge < -0.3 is 10.5 Å². The van der Waals surface area contributed by atoms with Gasteiger partial charge in [-0.15, -0.1) is 0 Å². The third kappa shape index (κ3) is 2.27. The molecular formula is C14H17Cl2NO. The van der Waals surface area contributed by atoms with E-state index in [4.69, 9.17) is 33.7 Å². The van der Waals surface area contributed by atoms with Crippen LogP contribution in [0.3, 0.4) is 0 Å². The highest BCUT2D eigenvalue weighted by Crippen LogP contribution is 2.41. The summed E-state index contributed by atoms with van der Waals surface area (Å²) in [5.41, 5.74) is 7.31. The van der Waals surface area contributed by atoms with E-state index in [1.54, 1.807) is 0 Å². The highest BCUT2D eigenvalue weighted by molar-refractivity contribution is 6.36. The first kappa shape index (κ1) is 12.7. The average Bonchev–Trinajstić information content (AvgIpc) is 2.96. The number of hydrogen-bond acceptors (Lipinski definition) is 2. The molecule has 1 aromatic carbocycles. The lowest BCUT2D eigenvalue weighted by Crippen LogP contribution is -2.38. The van der Waals surface area contributed by atoms with Crippen molar-refractivity contribution >= 4 is 23.2 Å². The van der Waals surface area contributed by atoms with Crippen LogP contribution in [0.2, 0.25) is 10.0 Å². The molecule has 0 amide bonds. The van der Waals surface area contributed by atoms with E-state index in [0.717, 1.165) is 24.8 Å². The van der Waals surface area contributed by atoms with Gasteiger partial charge in [0.05, 0.1) is 12.2 Å². The van der Waals surface area contributed by atoms with Gasteiger partial charge in [0, 0.05) is 22.0 Å². The molecule has 2 N–H and O–H groups in total. The van der Waals surface area contributed by atoms with Crippen LogP contribution in [-0.2, 0) is 11.2 Å². The second kappa shape index (κ2) is 5.01. The topological polar surface area (TPSA) is 35.2 Å². The fourth-order valence-corrected chi connectivity index (χ4v) is 3.79. The molecule has 2 nitrogen and oxygen atoms in total. The maximum absolute atomic E-state index is 6.34. The molecule has 0 saturated carbocycles. The fourth-order valence-electron chi connectivity index (χ4n) is 3.24. The van der Waals surface area contributed by atoms with Gasteiger partial charge in [0.2, 0.25) is 0 Å². The zero-order valence-corrected chi connectivity index (χ0v) is 11.6. The van der Waals surface area contributed by atoms with Crippen LogP contribution >= 0.6 is 23.2 Å². The maximum atomic E-state index is 6.34. The van der Waals surface area contributed by atoms with Crippen LogP contribution in [0, 0.1) is 5.92 Å². The first-order valence-electron chi connectivity index (χ1n) is 6.49. The second-order valence-corrected chi connectivity index (χ2v) is 6.16. The zero-order valence-electron chi connectivity index (χ0n) is 10.1. The molecule has 2 aliphatic rings. The van der Waals surface area contributed by atoms with Crippen LogP contribution in [0.4, 0.5) is 0 Å². The van der Waals surface area contributed by atoms with Gasteiger partial charge in [-0.05, 0) is 43.4 Å². The molecule has 2 heterocycles. The molecule has 0 aromatic heterocycles. The van der Waals surface area contributed by atoms with E-state index < -0.39 is 0 Å². The third-order valence-corrected chi connectivity index (χ3v) is 4.91. The van der Waals surface area contributed by atoms with Crippen molar-refractivity contribution in [3.63, 3.8) is 0 Å². The van der Waals surface area contributed by atoms with E-state index in [2.05, 4.69) is 0 Å². The Bertz CT molecular complexity index is 431. The van der Waals surface area contributed by atoms with E-state index in [1.165, 1.54) is 6.42 Å². The molecule has 18 heavy (non-hydrogen) atoms. The van der Waals surface area contributed by atoms with Gasteiger partial charge >= 0.3 is 0 Å². The standard InChI is InChI=1S/C14H17Cl2NO/c15-11-2-1-3-12(16)9(11)7-13(17)10-6-8-4-5-14(10)18-8/h1-3,8,10,13-14H,4-7,17H2. The molecule has 2 saturated heterocycles. The first-order chi connectivity index (χ1) is 8.65. The van der Waals surface area contributed by atoms with Gasteiger partial charge in [-0.3, -0.25) is 0 Å². The number of ether oxygens (including phenoxy) is 1. The fraction of sp³-hybridized carbons (Fsp3) is 0.571. The highest BCUT2D eigenvalue weighted by atomic mass is 35.5. The SMILES string of the molecule is NC(Cc1c(Cl)cccc1Cl)C1CC2CCC1O2. The molecule has 1 aromatic rings. The second-order valence-electron chi connectivity index (χ2n) is 5.34. The largest absolute Gasteiger partial charge is 0.375 e. The van der Waals surface area contributed by atoms with Crippen molar-refractivity contribution in [1.29, 1.82) is 0 Å². The molecule has 4 unspecified atom stereocenters. The number of benzene rings is 1. The van der Waals surface area contributed by atoms with Gasteiger partial charge in [0.15, 0.2) is 0 Å². The van der Waals surface area contributed by atoms with Gasteiger partial charge in [-0.2, -0.15) is 0 Å². The van der Waals surface area contributed by atoms with Crippen molar-refractivity contribution in [1.82, 2.24) is 0 Å². The van der Waals surface area contributed by atoms with E-state index >= 15 is 0 Å². The predicted octanol–water partition coefficient (Wildman–Crippen LogP) is 3.43. The maximum Gasteiger partial charge on any atom is 0.0623 e. The summed E-state index contributed by atoms with van der Waals surface area (Å²) in [4.78, 5) is 0. The minimum absolute atomic E-state index is 0.0812. The van der Waals surface area contributed by atoms with Gasteiger partial charge in [-0.1, -0.05) is 29.3 Å². The average molecular weight is 286 g/mol. The van der Waals surface area contributed by atoms with Crippen LogP contribution in [0.15, 0.2) is 18.2 Å². The van der Waals surface area contributed by atoms with Gasteiger partial charge in [0.1, 0.15) is 0 Å². The Labute approximate surface area is 117 Å². The quantitative estimate of drug-likeness (QED) is 0.924. The van der Waals surface area contributed by atoms with Crippen LogP contribution in [0.5, 0.6) is 0 Å². The summed E-state index contributed by atoms with van der Waals surface area (Å²) in [7, 11) is 0. The minimum atomic E-state index is 0.0812. The Morgan fingerprint density at radius 2 is 2.00 bits per heavy atom. The molecule has 2 bridgehead atoms. The van der Waals surface area contributed by atoms with Crippen LogP contribution in [-0.4, -0.2) is 18.2 Å². The molecule has 98 valence electrons. The summed E-state index contributed by atoms with van der Waals surface area (Å²) in [5.74, 6) is 0.455. The summed E-state index contributed by atoms with van der Waals surface area (Å²) in [5, 5.41) is 1.42. The molecule has 4 heteroatoms. The molecule has 4 atom stereocenters. The normalized spacial score (nSPS) is 31.8. The van der Waals surface area contributed by atoms with E-state index in [1.807, 2.05) is 18.2 Å². The molecular weight excluding hydrogens is 269 g/mol. The summed E-state index contributed by atoms with van der Waals surface area (Å²) in [6, 6.07) is 5.68. The van der Waals surface area contributed by atoms with Crippen molar-refractivity contribution in [3.8, 4) is 0 Å². The minimum Gasteiger partial charge on any atom is -0.375 e. The highest BCUT2D eigenvalue weighted by Gasteiger charge is 2.43. The first-order valence-corrected chi connectivity index (χ1v) is 7.24. The number of hydrogen-bond donors (Lipinski definition) is 1. The molecule has 2 fully saturated rings. The third-order valence-electron chi connectivity index (χ3n) is 4.20. The van der Waals surface area contributed by atoms with E-state index in [9.17, 15) is 0 Å². The van der Waals surface area contributed by atoms with Gasteiger partial charge in [0.25, 0.3) is 0 Å². The predicted molar refractivity (Wildman–Crippen MR) is 74.1 cm³/mol.